The zero-order valence-electron chi connectivity index (χ0n) is 12.1. The summed E-state index contributed by atoms with van der Waals surface area (Å²) in [5.74, 6) is -1.03. The van der Waals surface area contributed by atoms with E-state index in [1.807, 2.05) is 0 Å². The quantitative estimate of drug-likeness (QED) is 0.596. The molecule has 22 heavy (non-hydrogen) atoms. The van der Waals surface area contributed by atoms with E-state index in [-0.39, 0.29) is 17.4 Å². The maximum atomic E-state index is 11.9. The highest BCUT2D eigenvalue weighted by molar-refractivity contribution is 7.89. The molecular weight excluding hydrogens is 310 g/mol. The van der Waals surface area contributed by atoms with Crippen LogP contribution in [0.3, 0.4) is 0 Å². The lowest BCUT2D eigenvalue weighted by atomic mass is 10.3. The van der Waals surface area contributed by atoms with E-state index in [4.69, 9.17) is 0 Å². The van der Waals surface area contributed by atoms with E-state index >= 15 is 0 Å². The van der Waals surface area contributed by atoms with Crippen molar-refractivity contribution in [1.29, 1.82) is 0 Å². The number of nitro groups is 1. The molecule has 8 nitrogen and oxygen atoms in total. The molecule has 0 aromatic heterocycles. The molecule has 1 aliphatic carbocycles. The maximum Gasteiger partial charge on any atom is 0.240 e. The third-order valence-corrected chi connectivity index (χ3v) is 4.86. The molecule has 9 heteroatoms. The van der Waals surface area contributed by atoms with Crippen molar-refractivity contribution in [3.63, 3.8) is 0 Å². The van der Waals surface area contributed by atoms with Gasteiger partial charge in [-0.05, 0) is 38.1 Å². The van der Waals surface area contributed by atoms with Crippen LogP contribution < -0.4 is 10.0 Å². The minimum absolute atomic E-state index is 0.0915. The molecule has 0 spiro atoms. The average molecular weight is 327 g/mol. The second-order valence-electron chi connectivity index (χ2n) is 5.48. The van der Waals surface area contributed by atoms with Crippen LogP contribution in [0.15, 0.2) is 29.2 Å². The lowest BCUT2D eigenvalue weighted by Gasteiger charge is -2.10. The number of nitrogens with one attached hydrogen (secondary N) is 2. The summed E-state index contributed by atoms with van der Waals surface area (Å²) in [7, 11) is -3.58. The van der Waals surface area contributed by atoms with Crippen molar-refractivity contribution in [2.24, 2.45) is 5.92 Å². The van der Waals surface area contributed by atoms with Crippen LogP contribution in [0.4, 0.5) is 5.69 Å². The summed E-state index contributed by atoms with van der Waals surface area (Å²) in [4.78, 5) is 21.9. The molecule has 0 saturated heterocycles. The highest BCUT2D eigenvalue weighted by atomic mass is 32.2. The monoisotopic (exact) mass is 327 g/mol. The highest BCUT2D eigenvalue weighted by Crippen LogP contribution is 2.34. The fourth-order valence-corrected chi connectivity index (χ4v) is 3.28. The Morgan fingerprint density at radius 3 is 2.36 bits per heavy atom. The van der Waals surface area contributed by atoms with E-state index in [9.17, 15) is 23.3 Å². The van der Waals surface area contributed by atoms with Crippen molar-refractivity contribution in [2.45, 2.75) is 37.2 Å². The van der Waals surface area contributed by atoms with Crippen LogP contribution in [0, 0.1) is 16.0 Å². The molecule has 2 unspecified atom stereocenters. The molecule has 0 aliphatic heterocycles. The number of amides is 1. The van der Waals surface area contributed by atoms with Crippen molar-refractivity contribution in [2.75, 3.05) is 5.32 Å². The first-order chi connectivity index (χ1) is 10.2. The van der Waals surface area contributed by atoms with Gasteiger partial charge in [0.15, 0.2) is 0 Å². The van der Waals surface area contributed by atoms with Gasteiger partial charge < -0.3 is 5.32 Å². The van der Waals surface area contributed by atoms with Crippen LogP contribution in [0.1, 0.15) is 20.3 Å². The van der Waals surface area contributed by atoms with Gasteiger partial charge in [-0.1, -0.05) is 0 Å². The number of hydrogen-bond donors (Lipinski definition) is 2. The number of rotatable bonds is 6. The number of carbonyl (C=O) groups is 1. The molecule has 1 amide bonds. The molecule has 1 fully saturated rings. The first-order valence-electron chi connectivity index (χ1n) is 6.77. The van der Waals surface area contributed by atoms with Crippen LogP contribution in [-0.2, 0) is 14.8 Å². The summed E-state index contributed by atoms with van der Waals surface area (Å²) in [6.45, 7) is 3.43. The average Bonchev–Trinajstić information content (AvgIpc) is 3.18. The summed E-state index contributed by atoms with van der Waals surface area (Å²) >= 11 is 0. The Hall–Kier alpha value is -2.00. The minimum Gasteiger partial charge on any atom is -0.326 e. The molecule has 1 aromatic carbocycles. The number of nitrogens with zero attached hydrogens (tertiary/aromatic N) is 1. The molecule has 2 atom stereocenters. The molecule has 0 bridgehead atoms. The first-order valence-corrected chi connectivity index (χ1v) is 8.26. The zero-order chi connectivity index (χ0) is 16.5. The summed E-state index contributed by atoms with van der Waals surface area (Å²) in [5.41, 5.74) is 0.405. The second-order valence-corrected chi connectivity index (χ2v) is 7.20. The van der Waals surface area contributed by atoms with Gasteiger partial charge in [0.2, 0.25) is 22.0 Å². The van der Waals surface area contributed by atoms with Crippen molar-refractivity contribution < 1.29 is 18.1 Å². The smallest absolute Gasteiger partial charge is 0.240 e. The number of carbonyl (C=O) groups excluding carboxylic acids is 1. The van der Waals surface area contributed by atoms with E-state index in [1.54, 1.807) is 13.8 Å². The predicted octanol–water partition coefficient (Wildman–Crippen LogP) is 0.977. The zero-order valence-corrected chi connectivity index (χ0v) is 13.0. The fourth-order valence-electron chi connectivity index (χ4n) is 2.03. The molecular formula is C13H17N3O5S. The molecule has 2 rings (SSSR count). The molecule has 1 aromatic rings. The van der Waals surface area contributed by atoms with Crippen LogP contribution >= 0.6 is 0 Å². The van der Waals surface area contributed by atoms with Gasteiger partial charge in [-0.25, -0.2) is 13.1 Å². The fraction of sp³-hybridized carbons (Fsp3) is 0.462. The molecule has 1 aliphatic rings. The third kappa shape index (κ3) is 3.80. The summed E-state index contributed by atoms with van der Waals surface area (Å²) in [6, 6.07) is 4.62. The Morgan fingerprint density at radius 1 is 1.32 bits per heavy atom. The second kappa shape index (κ2) is 6.01. The van der Waals surface area contributed by atoms with Gasteiger partial charge in [0, 0.05) is 23.1 Å². The van der Waals surface area contributed by atoms with E-state index in [2.05, 4.69) is 10.0 Å². The van der Waals surface area contributed by atoms with Crippen molar-refractivity contribution in [3.8, 4) is 0 Å². The normalized spacial score (nSPS) is 20.7. The maximum absolute atomic E-state index is 11.9. The topological polar surface area (TPSA) is 118 Å². The Bertz CT molecular complexity index is 684. The van der Waals surface area contributed by atoms with Gasteiger partial charge in [0.25, 0.3) is 0 Å². The van der Waals surface area contributed by atoms with E-state index in [0.29, 0.717) is 5.69 Å². The number of benzene rings is 1. The largest absolute Gasteiger partial charge is 0.326 e. The van der Waals surface area contributed by atoms with Crippen LogP contribution in [0.5, 0.6) is 0 Å². The van der Waals surface area contributed by atoms with E-state index in [0.717, 1.165) is 0 Å². The lowest BCUT2D eigenvalue weighted by molar-refractivity contribution is -0.497. The summed E-state index contributed by atoms with van der Waals surface area (Å²) < 4.78 is 26.3. The van der Waals surface area contributed by atoms with Gasteiger partial charge in [0.05, 0.1) is 4.90 Å². The van der Waals surface area contributed by atoms with Crippen LogP contribution in [-0.4, -0.2) is 31.3 Å². The van der Waals surface area contributed by atoms with Gasteiger partial charge in [-0.15, -0.1) is 0 Å². The van der Waals surface area contributed by atoms with Gasteiger partial charge >= 0.3 is 0 Å². The van der Waals surface area contributed by atoms with Gasteiger partial charge in [-0.3, -0.25) is 14.9 Å². The minimum atomic E-state index is -3.58. The highest BCUT2D eigenvalue weighted by Gasteiger charge is 2.53. The van der Waals surface area contributed by atoms with Crippen molar-refractivity contribution in [3.05, 3.63) is 34.4 Å². The summed E-state index contributed by atoms with van der Waals surface area (Å²) in [5, 5.41) is 13.1. The van der Waals surface area contributed by atoms with E-state index in [1.165, 1.54) is 24.3 Å². The van der Waals surface area contributed by atoms with Crippen LogP contribution in [0.25, 0.3) is 0 Å². The van der Waals surface area contributed by atoms with Crippen LogP contribution in [0.2, 0.25) is 0 Å². The predicted molar refractivity (Wildman–Crippen MR) is 79.4 cm³/mol. The molecule has 0 radical (unpaired) electrons. The molecule has 2 N–H and O–H groups in total. The SMILES string of the molecule is CC(C)NS(=O)(=O)c1ccc(NC(=O)C2CC2[N+](=O)[O-])cc1. The van der Waals surface area contributed by atoms with E-state index < -0.39 is 32.8 Å². The standard InChI is InChI=1S/C13H17N3O5S/c1-8(2)15-22(20,21)10-5-3-9(4-6-10)14-13(17)11-7-12(11)16(18)19/h3-6,8,11-12,15H,7H2,1-2H3,(H,14,17). The molecule has 0 heterocycles. The molecule has 1 saturated carbocycles. The Kier molecular flexibility index (Phi) is 4.47. The van der Waals surface area contributed by atoms with Crippen molar-refractivity contribution in [1.82, 2.24) is 4.72 Å². The third-order valence-electron chi connectivity index (χ3n) is 3.19. The number of anilines is 1. The Balaban J connectivity index is 2.01. The number of sulfonamides is 1. The molecule has 120 valence electrons. The summed E-state index contributed by atoms with van der Waals surface area (Å²) in [6.07, 6.45) is 0.240. The Labute approximate surface area is 128 Å². The first kappa shape index (κ1) is 16.4. The van der Waals surface area contributed by atoms with Gasteiger partial charge in [-0.2, -0.15) is 0 Å². The lowest BCUT2D eigenvalue weighted by Crippen LogP contribution is -2.30. The van der Waals surface area contributed by atoms with Gasteiger partial charge in [0.1, 0.15) is 5.92 Å². The van der Waals surface area contributed by atoms with Crippen molar-refractivity contribution >= 4 is 21.6 Å². The number of hydrogen-bond acceptors (Lipinski definition) is 5. The Morgan fingerprint density at radius 2 is 1.91 bits per heavy atom.